The molecule has 6 heteroatoms. The molecule has 17 heavy (non-hydrogen) atoms. The normalized spacial score (nSPS) is 21.8. The molecule has 0 saturated carbocycles. The molecule has 1 aliphatic rings. The second-order valence-corrected chi connectivity index (χ2v) is 4.90. The first-order valence-corrected chi connectivity index (χ1v) is 5.77. The molecule has 98 valence electrons. The minimum Gasteiger partial charge on any atom is -0.480 e. The summed E-state index contributed by atoms with van der Waals surface area (Å²) in [4.78, 5) is 24.0. The molecule has 0 aliphatic carbocycles. The first-order chi connectivity index (χ1) is 7.80. The van der Waals surface area contributed by atoms with Gasteiger partial charge in [-0.3, -0.25) is 14.5 Å². The highest BCUT2D eigenvalue weighted by atomic mass is 16.4. The largest absolute Gasteiger partial charge is 0.480 e. The zero-order valence-electron chi connectivity index (χ0n) is 10.3. The van der Waals surface area contributed by atoms with Crippen LogP contribution >= 0.6 is 0 Å². The molecule has 1 atom stereocenters. The highest BCUT2D eigenvalue weighted by Gasteiger charge is 2.28. The van der Waals surface area contributed by atoms with Crippen molar-refractivity contribution in [1.82, 2.24) is 10.2 Å². The Morgan fingerprint density at radius 3 is 2.41 bits per heavy atom. The van der Waals surface area contributed by atoms with Gasteiger partial charge in [-0.15, -0.1) is 0 Å². The molecule has 0 aromatic carbocycles. The third-order valence-electron chi connectivity index (χ3n) is 3.05. The monoisotopic (exact) mass is 244 g/mol. The maximum Gasteiger partial charge on any atom is 0.325 e. The quantitative estimate of drug-likeness (QED) is 0.616. The number of carbonyl (C=O) groups excluding carboxylic acids is 1. The maximum absolute atomic E-state index is 11.5. The molecule has 3 N–H and O–H groups in total. The Labute approximate surface area is 101 Å². The predicted molar refractivity (Wildman–Crippen MR) is 61.5 cm³/mol. The van der Waals surface area contributed by atoms with Crippen molar-refractivity contribution in [2.75, 3.05) is 19.6 Å². The summed E-state index contributed by atoms with van der Waals surface area (Å²) in [6.07, 6.45) is 1.27. The second-order valence-electron chi connectivity index (χ2n) is 4.90. The van der Waals surface area contributed by atoms with E-state index in [1.807, 2.05) is 4.90 Å². The van der Waals surface area contributed by atoms with Gasteiger partial charge in [-0.1, -0.05) is 0 Å². The molecule has 0 unspecified atom stereocenters. The highest BCUT2D eigenvalue weighted by Crippen LogP contribution is 2.20. The van der Waals surface area contributed by atoms with E-state index in [9.17, 15) is 14.7 Å². The molecule has 0 aromatic heterocycles. The number of rotatable bonds is 4. The molecule has 1 rings (SSSR count). The fourth-order valence-corrected chi connectivity index (χ4v) is 1.74. The summed E-state index contributed by atoms with van der Waals surface area (Å²) in [6, 6.07) is -0.865. The van der Waals surface area contributed by atoms with Crippen molar-refractivity contribution >= 4 is 11.9 Å². The average molecular weight is 244 g/mol. The summed E-state index contributed by atoms with van der Waals surface area (Å²) >= 11 is 0. The number of carbonyl (C=O) groups is 2. The Morgan fingerprint density at radius 1 is 1.41 bits per heavy atom. The van der Waals surface area contributed by atoms with Gasteiger partial charge in [0.1, 0.15) is 6.04 Å². The summed E-state index contributed by atoms with van der Waals surface area (Å²) in [7, 11) is 0. The number of nitrogens with zero attached hydrogens (tertiary/aromatic N) is 1. The molecule has 1 amide bonds. The minimum atomic E-state index is -1.04. The standard InChI is InChI=1S/C11H20N2O4/c1-8(10(15)16)12-9(14)7-13-5-3-11(2,17)4-6-13/h8,17H,3-7H2,1-2H3,(H,12,14)(H,15,16)/t8-/m0/s1. The van der Waals surface area contributed by atoms with Gasteiger partial charge in [0.2, 0.25) is 5.91 Å². The van der Waals surface area contributed by atoms with E-state index >= 15 is 0 Å². The second kappa shape index (κ2) is 5.46. The van der Waals surface area contributed by atoms with Crippen LogP contribution in [0.2, 0.25) is 0 Å². The lowest BCUT2D eigenvalue weighted by atomic mass is 9.94. The summed E-state index contributed by atoms with van der Waals surface area (Å²) in [6.45, 7) is 4.72. The highest BCUT2D eigenvalue weighted by molar-refractivity contribution is 5.84. The van der Waals surface area contributed by atoms with Crippen molar-refractivity contribution in [1.29, 1.82) is 0 Å². The van der Waals surface area contributed by atoms with Crippen LogP contribution in [-0.2, 0) is 9.59 Å². The Morgan fingerprint density at radius 2 is 1.94 bits per heavy atom. The van der Waals surface area contributed by atoms with Crippen LogP contribution in [0.15, 0.2) is 0 Å². The van der Waals surface area contributed by atoms with Crippen LogP contribution in [0.5, 0.6) is 0 Å². The number of hydrogen-bond donors (Lipinski definition) is 3. The molecule has 1 fully saturated rings. The molecule has 1 aliphatic heterocycles. The summed E-state index contributed by atoms with van der Waals surface area (Å²) in [5.74, 6) is -1.33. The van der Waals surface area contributed by atoms with Gasteiger partial charge in [-0.2, -0.15) is 0 Å². The number of piperidine rings is 1. The van der Waals surface area contributed by atoms with E-state index in [2.05, 4.69) is 5.32 Å². The van der Waals surface area contributed by atoms with Gasteiger partial charge in [0, 0.05) is 13.1 Å². The molecule has 1 heterocycles. The third kappa shape index (κ3) is 4.70. The SMILES string of the molecule is C[C@H](NC(=O)CN1CCC(C)(O)CC1)C(=O)O. The topological polar surface area (TPSA) is 89.9 Å². The Bertz CT molecular complexity index is 294. The fraction of sp³-hybridized carbons (Fsp3) is 0.818. The van der Waals surface area contributed by atoms with Crippen LogP contribution in [0.25, 0.3) is 0 Å². The van der Waals surface area contributed by atoms with E-state index in [0.29, 0.717) is 25.9 Å². The lowest BCUT2D eigenvalue weighted by Crippen LogP contribution is -2.48. The molecule has 0 aromatic rings. The van der Waals surface area contributed by atoms with E-state index in [4.69, 9.17) is 5.11 Å². The molecule has 6 nitrogen and oxygen atoms in total. The summed E-state index contributed by atoms with van der Waals surface area (Å²) in [5, 5.41) is 20.8. The number of hydrogen-bond acceptors (Lipinski definition) is 4. The van der Waals surface area contributed by atoms with Crippen LogP contribution in [0.1, 0.15) is 26.7 Å². The van der Waals surface area contributed by atoms with Crippen LogP contribution in [0, 0.1) is 0 Å². The number of nitrogens with one attached hydrogen (secondary N) is 1. The summed E-state index contributed by atoms with van der Waals surface area (Å²) in [5.41, 5.74) is -0.638. The van der Waals surface area contributed by atoms with Crippen molar-refractivity contribution in [3.05, 3.63) is 0 Å². The number of aliphatic carboxylic acids is 1. The molecule has 0 radical (unpaired) electrons. The van der Waals surface area contributed by atoms with Gasteiger partial charge in [0.25, 0.3) is 0 Å². The number of likely N-dealkylation sites (tertiary alicyclic amines) is 1. The number of aliphatic hydroxyl groups is 1. The third-order valence-corrected chi connectivity index (χ3v) is 3.05. The van der Waals surface area contributed by atoms with Gasteiger partial charge in [-0.05, 0) is 26.7 Å². The minimum absolute atomic E-state index is 0.188. The van der Waals surface area contributed by atoms with E-state index in [-0.39, 0.29) is 12.5 Å². The number of amides is 1. The Kier molecular flexibility index (Phi) is 4.47. The average Bonchev–Trinajstić information content (AvgIpc) is 2.21. The Balaban J connectivity index is 2.31. The first kappa shape index (κ1) is 13.9. The van der Waals surface area contributed by atoms with Crippen LogP contribution in [0.3, 0.4) is 0 Å². The van der Waals surface area contributed by atoms with Gasteiger partial charge >= 0.3 is 5.97 Å². The van der Waals surface area contributed by atoms with Gasteiger partial charge in [0.05, 0.1) is 12.1 Å². The van der Waals surface area contributed by atoms with Crippen molar-refractivity contribution in [2.45, 2.75) is 38.3 Å². The Hall–Kier alpha value is -1.14. The van der Waals surface area contributed by atoms with Crippen LogP contribution < -0.4 is 5.32 Å². The van der Waals surface area contributed by atoms with Gasteiger partial charge < -0.3 is 15.5 Å². The fourth-order valence-electron chi connectivity index (χ4n) is 1.74. The van der Waals surface area contributed by atoms with Crippen molar-refractivity contribution in [3.8, 4) is 0 Å². The smallest absolute Gasteiger partial charge is 0.325 e. The lowest BCUT2D eigenvalue weighted by Gasteiger charge is -2.35. The molecular formula is C11H20N2O4. The van der Waals surface area contributed by atoms with Gasteiger partial charge in [-0.25, -0.2) is 0 Å². The van der Waals surface area contributed by atoms with E-state index in [0.717, 1.165) is 0 Å². The molecular weight excluding hydrogens is 224 g/mol. The van der Waals surface area contributed by atoms with E-state index in [1.54, 1.807) is 6.92 Å². The van der Waals surface area contributed by atoms with E-state index < -0.39 is 17.6 Å². The molecule has 0 bridgehead atoms. The van der Waals surface area contributed by atoms with Crippen LogP contribution in [-0.4, -0.2) is 58.3 Å². The molecule has 0 spiro atoms. The number of carboxylic acid groups (broad SMARTS) is 1. The van der Waals surface area contributed by atoms with Crippen molar-refractivity contribution in [3.63, 3.8) is 0 Å². The van der Waals surface area contributed by atoms with Crippen LogP contribution in [0.4, 0.5) is 0 Å². The van der Waals surface area contributed by atoms with E-state index in [1.165, 1.54) is 6.92 Å². The number of carboxylic acids is 1. The zero-order chi connectivity index (χ0) is 13.1. The lowest BCUT2D eigenvalue weighted by molar-refractivity contribution is -0.141. The maximum atomic E-state index is 11.5. The predicted octanol–water partition coefficient (Wildman–Crippen LogP) is -0.577. The zero-order valence-corrected chi connectivity index (χ0v) is 10.3. The first-order valence-electron chi connectivity index (χ1n) is 5.77. The van der Waals surface area contributed by atoms with Crippen molar-refractivity contribution < 1.29 is 19.8 Å². The van der Waals surface area contributed by atoms with Crippen molar-refractivity contribution in [2.24, 2.45) is 0 Å². The van der Waals surface area contributed by atoms with Gasteiger partial charge in [0.15, 0.2) is 0 Å². The summed E-state index contributed by atoms with van der Waals surface area (Å²) < 4.78 is 0. The molecule has 1 saturated heterocycles.